The van der Waals surface area contributed by atoms with E-state index in [0.717, 1.165) is 28.4 Å². The SMILES string of the molecule is c1ccc(C2N=C(c3ccc(-c4ccc5ccccc5c4)cc3)NC(c3cccc4c3sc3ccccc34)=N2)cc1. The average molecular weight is 544 g/mol. The molecule has 1 aromatic heterocycles. The standard InChI is InChI=1S/C37H25N3S/c1-2-10-26(11-3-1)35-38-36(27-20-17-25(18-21-27)29-22-19-24-9-4-5-12-28(24)23-29)40-37(39-35)32-15-8-14-31-30-13-6-7-16-33(30)41-34(31)32/h1-23,35H,(H,38,39,40). The molecule has 3 nitrogen and oxygen atoms in total. The summed E-state index contributed by atoms with van der Waals surface area (Å²) >= 11 is 1.82. The molecule has 4 heteroatoms. The van der Waals surface area contributed by atoms with Crippen molar-refractivity contribution < 1.29 is 0 Å². The van der Waals surface area contributed by atoms with Crippen molar-refractivity contribution in [1.82, 2.24) is 5.32 Å². The molecule has 0 saturated heterocycles. The number of nitrogens with zero attached hydrogens (tertiary/aromatic N) is 2. The number of thiophene rings is 1. The number of hydrogen-bond acceptors (Lipinski definition) is 4. The number of fused-ring (bicyclic) bond motifs is 4. The molecule has 0 fully saturated rings. The van der Waals surface area contributed by atoms with E-state index in [0.29, 0.717) is 0 Å². The van der Waals surface area contributed by atoms with Gasteiger partial charge in [-0.3, -0.25) is 0 Å². The molecule has 0 spiro atoms. The lowest BCUT2D eigenvalue weighted by Gasteiger charge is -2.22. The van der Waals surface area contributed by atoms with Gasteiger partial charge in [-0.1, -0.05) is 121 Å². The van der Waals surface area contributed by atoms with E-state index < -0.39 is 0 Å². The van der Waals surface area contributed by atoms with Crippen LogP contribution in [0.15, 0.2) is 150 Å². The average Bonchev–Trinajstić information content (AvgIpc) is 3.44. The first-order valence-electron chi connectivity index (χ1n) is 13.8. The summed E-state index contributed by atoms with van der Waals surface area (Å²) in [6, 6.07) is 49.2. The minimum atomic E-state index is -0.327. The van der Waals surface area contributed by atoms with Crippen LogP contribution in [0, 0.1) is 0 Å². The lowest BCUT2D eigenvalue weighted by atomic mass is 10.00. The third-order valence-corrected chi connectivity index (χ3v) is 8.96. The van der Waals surface area contributed by atoms with Crippen molar-refractivity contribution >= 4 is 54.0 Å². The molecular weight excluding hydrogens is 518 g/mol. The summed E-state index contributed by atoms with van der Waals surface area (Å²) in [5.74, 6) is 1.67. The van der Waals surface area contributed by atoms with Crippen LogP contribution < -0.4 is 5.32 Å². The minimum absolute atomic E-state index is 0.327. The molecule has 0 bridgehead atoms. The van der Waals surface area contributed by atoms with Crippen LogP contribution in [0.2, 0.25) is 0 Å². The van der Waals surface area contributed by atoms with Gasteiger partial charge in [0.05, 0.1) is 0 Å². The Balaban J connectivity index is 1.20. The Labute approximate surface area is 242 Å². The van der Waals surface area contributed by atoms with E-state index in [1.165, 1.54) is 42.1 Å². The van der Waals surface area contributed by atoms with E-state index >= 15 is 0 Å². The molecule has 0 amide bonds. The lowest BCUT2D eigenvalue weighted by Crippen LogP contribution is -2.36. The van der Waals surface area contributed by atoms with Gasteiger partial charge in [0.1, 0.15) is 11.7 Å². The Kier molecular flexibility index (Phi) is 5.71. The van der Waals surface area contributed by atoms with E-state index in [9.17, 15) is 0 Å². The summed E-state index contributed by atoms with van der Waals surface area (Å²) in [7, 11) is 0. The van der Waals surface area contributed by atoms with E-state index in [1.807, 2.05) is 29.5 Å². The summed E-state index contributed by atoms with van der Waals surface area (Å²) < 4.78 is 2.52. The Morgan fingerprint density at radius 1 is 0.512 bits per heavy atom. The second-order valence-electron chi connectivity index (χ2n) is 10.3. The highest BCUT2D eigenvalue weighted by Crippen LogP contribution is 2.37. The lowest BCUT2D eigenvalue weighted by molar-refractivity contribution is 0.756. The first-order chi connectivity index (χ1) is 20.3. The number of hydrogen-bond donors (Lipinski definition) is 1. The molecule has 41 heavy (non-hydrogen) atoms. The summed E-state index contributed by atoms with van der Waals surface area (Å²) in [6.07, 6.45) is -0.327. The van der Waals surface area contributed by atoms with Crippen molar-refractivity contribution in [3.8, 4) is 11.1 Å². The van der Waals surface area contributed by atoms with Gasteiger partial charge in [-0.25, -0.2) is 9.98 Å². The maximum Gasteiger partial charge on any atom is 0.169 e. The van der Waals surface area contributed by atoms with Crippen molar-refractivity contribution in [2.45, 2.75) is 6.17 Å². The highest BCUT2D eigenvalue weighted by molar-refractivity contribution is 7.26. The fourth-order valence-electron chi connectivity index (χ4n) is 5.63. The molecule has 0 radical (unpaired) electrons. The van der Waals surface area contributed by atoms with Crippen LogP contribution in [0.1, 0.15) is 22.9 Å². The van der Waals surface area contributed by atoms with E-state index in [4.69, 9.17) is 9.98 Å². The Hall–Kier alpha value is -5.06. The zero-order chi connectivity index (χ0) is 27.2. The molecule has 1 atom stereocenters. The Morgan fingerprint density at radius 2 is 1.20 bits per heavy atom. The molecular formula is C37H25N3S. The number of benzene rings is 6. The van der Waals surface area contributed by atoms with Crippen molar-refractivity contribution in [3.63, 3.8) is 0 Å². The first-order valence-corrected chi connectivity index (χ1v) is 14.6. The second kappa shape index (κ2) is 9.84. The van der Waals surface area contributed by atoms with Crippen molar-refractivity contribution in [2.75, 3.05) is 0 Å². The molecule has 1 N–H and O–H groups in total. The zero-order valence-corrected chi connectivity index (χ0v) is 23.0. The van der Waals surface area contributed by atoms with Gasteiger partial charge in [-0.05, 0) is 45.7 Å². The molecule has 1 aliphatic heterocycles. The topological polar surface area (TPSA) is 36.8 Å². The van der Waals surface area contributed by atoms with Gasteiger partial charge in [0.25, 0.3) is 0 Å². The normalized spacial score (nSPS) is 15.1. The quantitative estimate of drug-likeness (QED) is 0.236. The van der Waals surface area contributed by atoms with Crippen molar-refractivity contribution in [3.05, 3.63) is 156 Å². The van der Waals surface area contributed by atoms with Gasteiger partial charge in [0.15, 0.2) is 6.17 Å². The molecule has 194 valence electrons. The van der Waals surface area contributed by atoms with Gasteiger partial charge < -0.3 is 5.32 Å². The monoisotopic (exact) mass is 543 g/mol. The molecule has 1 aliphatic rings. The highest BCUT2D eigenvalue weighted by Gasteiger charge is 2.22. The maximum atomic E-state index is 5.14. The van der Waals surface area contributed by atoms with Crippen LogP contribution in [0.25, 0.3) is 42.1 Å². The van der Waals surface area contributed by atoms with Crippen LogP contribution in [-0.4, -0.2) is 11.7 Å². The molecule has 1 unspecified atom stereocenters. The van der Waals surface area contributed by atoms with E-state index in [2.05, 4.69) is 127 Å². The highest BCUT2D eigenvalue weighted by atomic mass is 32.1. The second-order valence-corrected chi connectivity index (χ2v) is 11.3. The predicted octanol–water partition coefficient (Wildman–Crippen LogP) is 9.37. The molecule has 2 heterocycles. The van der Waals surface area contributed by atoms with Crippen LogP contribution in [-0.2, 0) is 0 Å². The molecule has 0 saturated carbocycles. The summed E-state index contributed by atoms with van der Waals surface area (Å²) in [5, 5.41) is 8.65. The third-order valence-electron chi connectivity index (χ3n) is 7.74. The molecule has 0 aliphatic carbocycles. The first kappa shape index (κ1) is 23.8. The van der Waals surface area contributed by atoms with Crippen molar-refractivity contribution in [2.24, 2.45) is 9.98 Å². The summed E-state index contributed by atoms with van der Waals surface area (Å²) in [4.78, 5) is 10.2. The number of rotatable bonds is 4. The fraction of sp³-hybridized carbons (Fsp3) is 0.0270. The van der Waals surface area contributed by atoms with Gasteiger partial charge >= 0.3 is 0 Å². The Morgan fingerprint density at radius 3 is 2.07 bits per heavy atom. The Bertz CT molecular complexity index is 2120. The number of aliphatic imine (C=N–C) groups is 2. The van der Waals surface area contributed by atoms with Gasteiger partial charge in [-0.15, -0.1) is 11.3 Å². The largest absolute Gasteiger partial charge is 0.324 e. The van der Waals surface area contributed by atoms with Crippen LogP contribution in [0.4, 0.5) is 0 Å². The fourth-order valence-corrected chi connectivity index (χ4v) is 6.85. The smallest absolute Gasteiger partial charge is 0.169 e. The van der Waals surface area contributed by atoms with Gasteiger partial charge in [-0.2, -0.15) is 0 Å². The summed E-state index contributed by atoms with van der Waals surface area (Å²) in [6.45, 7) is 0. The third kappa shape index (κ3) is 4.30. The van der Waals surface area contributed by atoms with E-state index in [1.54, 1.807) is 0 Å². The molecule has 6 aromatic carbocycles. The molecule has 7 aromatic rings. The number of amidine groups is 2. The number of nitrogens with one attached hydrogen (secondary N) is 1. The minimum Gasteiger partial charge on any atom is -0.324 e. The van der Waals surface area contributed by atoms with Crippen LogP contribution in [0.5, 0.6) is 0 Å². The van der Waals surface area contributed by atoms with E-state index in [-0.39, 0.29) is 6.17 Å². The van der Waals surface area contributed by atoms with Crippen LogP contribution >= 0.6 is 11.3 Å². The van der Waals surface area contributed by atoms with Crippen molar-refractivity contribution in [1.29, 1.82) is 0 Å². The predicted molar refractivity (Wildman–Crippen MR) is 174 cm³/mol. The van der Waals surface area contributed by atoms with Gasteiger partial charge in [0.2, 0.25) is 0 Å². The van der Waals surface area contributed by atoms with Gasteiger partial charge in [0, 0.05) is 31.3 Å². The zero-order valence-electron chi connectivity index (χ0n) is 22.2. The van der Waals surface area contributed by atoms with Crippen LogP contribution in [0.3, 0.4) is 0 Å². The molecule has 8 rings (SSSR count). The maximum absolute atomic E-state index is 5.14. The summed E-state index contributed by atoms with van der Waals surface area (Å²) in [5.41, 5.74) is 5.59.